The van der Waals surface area contributed by atoms with Gasteiger partial charge in [-0.3, -0.25) is 0 Å². The summed E-state index contributed by atoms with van der Waals surface area (Å²) in [5.41, 5.74) is -3.15. The van der Waals surface area contributed by atoms with Gasteiger partial charge in [0.25, 0.3) is 0 Å². The zero-order valence-corrected chi connectivity index (χ0v) is 10.6. The van der Waals surface area contributed by atoms with E-state index in [0.717, 1.165) is 6.07 Å². The Morgan fingerprint density at radius 1 is 1.29 bits per heavy atom. The first-order valence-electron chi connectivity index (χ1n) is 5.68. The van der Waals surface area contributed by atoms with Crippen LogP contribution in [0.25, 0.3) is 17.1 Å². The number of hydrogen-bond donors (Lipinski definition) is 1. The number of carboxylic acids is 1. The Labute approximate surface area is 115 Å². The molecule has 0 aliphatic carbocycles. The molecule has 0 amide bonds. The number of halogens is 4. The highest BCUT2D eigenvalue weighted by Crippen LogP contribution is 2.32. The number of hydrogen-bond acceptors (Lipinski definition) is 3. The van der Waals surface area contributed by atoms with E-state index in [9.17, 15) is 22.4 Å². The highest BCUT2D eigenvalue weighted by molar-refractivity contribution is 5.93. The van der Waals surface area contributed by atoms with E-state index in [1.807, 2.05) is 0 Å². The van der Waals surface area contributed by atoms with E-state index in [0.29, 0.717) is 6.07 Å². The van der Waals surface area contributed by atoms with Crippen LogP contribution >= 0.6 is 0 Å². The van der Waals surface area contributed by atoms with Crippen LogP contribution < -0.4 is 0 Å². The Bertz CT molecular complexity index is 754. The van der Waals surface area contributed by atoms with Gasteiger partial charge in [-0.05, 0) is 25.1 Å². The molecule has 0 fully saturated rings. The molecule has 0 spiro atoms. The van der Waals surface area contributed by atoms with Crippen molar-refractivity contribution in [1.82, 2.24) is 9.97 Å². The largest absolute Gasteiger partial charge is 0.478 e. The summed E-state index contributed by atoms with van der Waals surface area (Å²) in [5.74, 6) is -2.58. The maximum atomic E-state index is 13.7. The fourth-order valence-electron chi connectivity index (χ4n) is 1.75. The summed E-state index contributed by atoms with van der Waals surface area (Å²) >= 11 is 0. The second-order valence-electron chi connectivity index (χ2n) is 4.09. The summed E-state index contributed by atoms with van der Waals surface area (Å²) in [6.07, 6.45) is -2.21. The highest BCUT2D eigenvalue weighted by Gasteiger charge is 2.38. The number of carboxylic acid groups (broad SMARTS) is 1. The first kappa shape index (κ1) is 14.9. The van der Waals surface area contributed by atoms with Gasteiger partial charge in [0, 0.05) is 5.39 Å². The molecule has 0 saturated heterocycles. The van der Waals surface area contributed by atoms with Gasteiger partial charge in [0.1, 0.15) is 11.5 Å². The maximum absolute atomic E-state index is 13.7. The lowest BCUT2D eigenvalue weighted by molar-refractivity contribution is -0.141. The lowest BCUT2D eigenvalue weighted by atomic mass is 10.1. The average molecular weight is 300 g/mol. The number of alkyl halides is 3. The van der Waals surface area contributed by atoms with Crippen LogP contribution in [0.2, 0.25) is 0 Å². The summed E-state index contributed by atoms with van der Waals surface area (Å²) in [6, 6.07) is 1.61. The number of carbonyl (C=O) groups is 1. The summed E-state index contributed by atoms with van der Waals surface area (Å²) < 4.78 is 52.1. The van der Waals surface area contributed by atoms with Crippen molar-refractivity contribution in [3.63, 3.8) is 0 Å². The van der Waals surface area contributed by atoms with Crippen molar-refractivity contribution in [2.24, 2.45) is 0 Å². The lowest BCUT2D eigenvalue weighted by Gasteiger charge is -2.10. The third kappa shape index (κ3) is 2.83. The van der Waals surface area contributed by atoms with Crippen molar-refractivity contribution in [3.05, 3.63) is 41.0 Å². The third-order valence-electron chi connectivity index (χ3n) is 2.61. The zero-order valence-electron chi connectivity index (χ0n) is 10.6. The van der Waals surface area contributed by atoms with E-state index < -0.39 is 29.2 Å². The highest BCUT2D eigenvalue weighted by atomic mass is 19.4. The van der Waals surface area contributed by atoms with Crippen molar-refractivity contribution < 1.29 is 27.5 Å². The molecular weight excluding hydrogens is 292 g/mol. The molecule has 0 aromatic carbocycles. The molecule has 4 nitrogen and oxygen atoms in total. The zero-order chi connectivity index (χ0) is 15.8. The van der Waals surface area contributed by atoms with Crippen molar-refractivity contribution in [2.75, 3.05) is 0 Å². The van der Waals surface area contributed by atoms with E-state index in [4.69, 9.17) is 5.11 Å². The van der Waals surface area contributed by atoms with Gasteiger partial charge in [-0.2, -0.15) is 13.2 Å². The molecule has 2 heterocycles. The van der Waals surface area contributed by atoms with Gasteiger partial charge >= 0.3 is 12.1 Å². The molecule has 0 aliphatic rings. The molecule has 2 rings (SSSR count). The second-order valence-corrected chi connectivity index (χ2v) is 4.09. The van der Waals surface area contributed by atoms with Crippen LogP contribution in [0.3, 0.4) is 0 Å². The minimum Gasteiger partial charge on any atom is -0.478 e. The first-order chi connectivity index (χ1) is 9.74. The van der Waals surface area contributed by atoms with Crippen LogP contribution in [0.5, 0.6) is 0 Å². The quantitative estimate of drug-likeness (QED) is 0.862. The van der Waals surface area contributed by atoms with E-state index in [1.165, 1.54) is 12.2 Å². The van der Waals surface area contributed by atoms with E-state index in [-0.39, 0.29) is 16.7 Å². The Morgan fingerprint density at radius 2 is 1.95 bits per heavy atom. The van der Waals surface area contributed by atoms with Crippen molar-refractivity contribution >= 4 is 23.1 Å². The predicted octanol–water partition coefficient (Wildman–Crippen LogP) is 3.52. The molecule has 0 unspecified atom stereocenters. The Morgan fingerprint density at radius 3 is 2.48 bits per heavy atom. The lowest BCUT2D eigenvalue weighted by Crippen LogP contribution is -2.16. The number of pyridine rings is 2. The number of aromatic nitrogens is 2. The van der Waals surface area contributed by atoms with Gasteiger partial charge in [0.05, 0.1) is 5.56 Å². The minimum atomic E-state index is -4.95. The van der Waals surface area contributed by atoms with Crippen LogP contribution in [0.15, 0.2) is 18.2 Å². The average Bonchev–Trinajstić information content (AvgIpc) is 2.37. The molecule has 1 N–H and O–H groups in total. The molecular formula is C13H8F4N2O2. The number of nitrogens with zero attached hydrogens (tertiary/aromatic N) is 2. The fraction of sp³-hybridized carbons (Fsp3) is 0.154. The molecule has 0 saturated carbocycles. The van der Waals surface area contributed by atoms with E-state index in [1.54, 1.807) is 6.92 Å². The van der Waals surface area contributed by atoms with E-state index >= 15 is 0 Å². The number of aromatic carboxylic acids is 1. The molecule has 0 aliphatic heterocycles. The Kier molecular flexibility index (Phi) is 3.63. The van der Waals surface area contributed by atoms with Gasteiger partial charge in [-0.25, -0.2) is 19.2 Å². The third-order valence-corrected chi connectivity index (χ3v) is 2.61. The first-order valence-corrected chi connectivity index (χ1v) is 5.68. The summed E-state index contributed by atoms with van der Waals surface area (Å²) in [5, 5.41) is 8.71. The van der Waals surface area contributed by atoms with Crippen molar-refractivity contribution in [3.8, 4) is 0 Å². The summed E-state index contributed by atoms with van der Waals surface area (Å²) in [6.45, 7) is 1.59. The number of rotatable bonds is 2. The molecule has 8 heteroatoms. The van der Waals surface area contributed by atoms with Gasteiger partial charge in [0.2, 0.25) is 0 Å². The van der Waals surface area contributed by atoms with Crippen LogP contribution in [0.4, 0.5) is 17.6 Å². The molecule has 0 radical (unpaired) electrons. The van der Waals surface area contributed by atoms with E-state index in [2.05, 4.69) is 9.97 Å². The number of allylic oxidation sites excluding steroid dienone is 1. The van der Waals surface area contributed by atoms with Crippen molar-refractivity contribution in [1.29, 1.82) is 0 Å². The predicted molar refractivity (Wildman–Crippen MR) is 66.2 cm³/mol. The smallest absolute Gasteiger partial charge is 0.434 e. The number of fused-ring (bicyclic) bond motifs is 1. The van der Waals surface area contributed by atoms with Gasteiger partial charge in [-0.1, -0.05) is 6.08 Å². The fourth-order valence-corrected chi connectivity index (χ4v) is 1.75. The van der Waals surface area contributed by atoms with Crippen LogP contribution in [0.1, 0.15) is 28.7 Å². The minimum absolute atomic E-state index is 0.119. The van der Waals surface area contributed by atoms with Crippen LogP contribution in [-0.4, -0.2) is 21.0 Å². The summed E-state index contributed by atoms with van der Waals surface area (Å²) in [7, 11) is 0. The molecule has 2 aromatic rings. The monoisotopic (exact) mass is 300 g/mol. The maximum Gasteiger partial charge on any atom is 0.434 e. The molecule has 2 aromatic heterocycles. The van der Waals surface area contributed by atoms with Crippen LogP contribution in [0, 0.1) is 5.82 Å². The Hall–Kier alpha value is -2.51. The second kappa shape index (κ2) is 5.12. The van der Waals surface area contributed by atoms with Gasteiger partial charge < -0.3 is 5.11 Å². The molecule has 21 heavy (non-hydrogen) atoms. The van der Waals surface area contributed by atoms with Crippen molar-refractivity contribution in [2.45, 2.75) is 13.1 Å². The van der Waals surface area contributed by atoms with Crippen LogP contribution in [-0.2, 0) is 6.18 Å². The summed E-state index contributed by atoms with van der Waals surface area (Å²) in [4.78, 5) is 17.8. The SMILES string of the molecule is CC=Cc1nc2nc(C(F)(F)F)c(C(=O)O)cc2cc1F. The standard InChI is InChI=1S/C13H8F4N2O2/c1-2-3-9-8(14)5-6-4-7(12(20)21)10(13(15,16)17)19-11(6)18-9/h2-5H,1H3,(H,20,21). The topological polar surface area (TPSA) is 63.1 Å². The Balaban J connectivity index is 2.82. The van der Waals surface area contributed by atoms with Gasteiger partial charge in [0.15, 0.2) is 11.3 Å². The molecule has 0 bridgehead atoms. The molecule has 0 atom stereocenters. The normalized spacial score (nSPS) is 12.2. The molecule has 110 valence electrons. The van der Waals surface area contributed by atoms with Gasteiger partial charge in [-0.15, -0.1) is 0 Å².